The number of aliphatic carboxylic acids is 2. The maximum absolute atomic E-state index is 13.6. The van der Waals surface area contributed by atoms with Crippen molar-refractivity contribution in [3.63, 3.8) is 0 Å². The van der Waals surface area contributed by atoms with E-state index in [-0.39, 0.29) is 18.9 Å². The monoisotopic (exact) mass is 425 g/mol. The van der Waals surface area contributed by atoms with E-state index in [9.17, 15) is 19.5 Å². The highest BCUT2D eigenvalue weighted by Gasteiger charge is 2.50. The number of carboxylic acid groups (broad SMARTS) is 2. The molecule has 1 amide bonds. The first kappa shape index (κ1) is 22.7. The molecule has 1 aliphatic heterocycles. The molecule has 3 atom stereocenters. The van der Waals surface area contributed by atoms with Crippen LogP contribution in [0.15, 0.2) is 54.6 Å². The molecule has 0 saturated heterocycles. The highest BCUT2D eigenvalue weighted by atomic mass is 16.4. The van der Waals surface area contributed by atoms with Crippen LogP contribution in [0.25, 0.3) is 0 Å². The average molecular weight is 426 g/mol. The van der Waals surface area contributed by atoms with Crippen molar-refractivity contribution in [2.45, 2.75) is 38.5 Å². The van der Waals surface area contributed by atoms with E-state index < -0.39 is 28.4 Å². The number of benzene rings is 2. The largest absolute Gasteiger partial charge is 0.481 e. The number of fused-ring (bicyclic) bond motifs is 1. The summed E-state index contributed by atoms with van der Waals surface area (Å²) in [5.41, 5.74) is 2.57. The first-order valence-corrected chi connectivity index (χ1v) is 10.6. The minimum Gasteiger partial charge on any atom is -0.481 e. The minimum atomic E-state index is -0.994. The highest BCUT2D eigenvalue weighted by Crippen LogP contribution is 2.38. The van der Waals surface area contributed by atoms with Crippen molar-refractivity contribution < 1.29 is 24.6 Å². The molecule has 2 aromatic carbocycles. The van der Waals surface area contributed by atoms with Crippen LogP contribution in [0.4, 0.5) is 5.69 Å². The topological polar surface area (TPSA) is 118 Å². The molecule has 2 aromatic rings. The van der Waals surface area contributed by atoms with Crippen LogP contribution >= 0.6 is 0 Å². The van der Waals surface area contributed by atoms with E-state index in [0.717, 1.165) is 11.1 Å². The van der Waals surface area contributed by atoms with Gasteiger partial charge >= 0.3 is 17.8 Å². The lowest BCUT2D eigenvalue weighted by molar-refractivity contribution is -0.151. The van der Waals surface area contributed by atoms with Crippen LogP contribution in [0.3, 0.4) is 0 Å². The Hall–Kier alpha value is -3.03. The van der Waals surface area contributed by atoms with Gasteiger partial charge in [-0.1, -0.05) is 48.5 Å². The number of rotatable bonds is 10. The minimum absolute atomic E-state index is 0.00803. The Morgan fingerprint density at radius 2 is 1.71 bits per heavy atom. The smallest absolute Gasteiger partial charge is 0.341 e. The first-order chi connectivity index (χ1) is 14.8. The van der Waals surface area contributed by atoms with Gasteiger partial charge in [-0.05, 0) is 37.7 Å². The standard InChI is InChI=1S/C24H28N2O5/c25-26(15-7-6-12-22(27)28)21-11-5-4-10-18(21)16-20(23(26)29)19(24(30)31)14-13-17-8-2-1-3-9-17/h1-5,8-11,19-20H,6-7,12-16,25H2,(H-,27,28,30,31)/p+1. The Labute approximate surface area is 181 Å². The Morgan fingerprint density at radius 1 is 1.03 bits per heavy atom. The maximum Gasteiger partial charge on any atom is 0.341 e. The summed E-state index contributed by atoms with van der Waals surface area (Å²) in [6, 6.07) is 17.0. The quantitative estimate of drug-likeness (QED) is 0.233. The maximum atomic E-state index is 13.6. The summed E-state index contributed by atoms with van der Waals surface area (Å²) in [5.74, 6) is 2.84. The van der Waals surface area contributed by atoms with Gasteiger partial charge in [0.1, 0.15) is 6.54 Å². The molecule has 0 fully saturated rings. The lowest BCUT2D eigenvalue weighted by Gasteiger charge is -2.39. The first-order valence-electron chi connectivity index (χ1n) is 10.6. The fraction of sp³-hybridized carbons (Fsp3) is 0.375. The van der Waals surface area contributed by atoms with Gasteiger partial charge in [0.25, 0.3) is 0 Å². The molecule has 3 unspecified atom stereocenters. The number of carbonyl (C=O) groups is 3. The van der Waals surface area contributed by atoms with Gasteiger partial charge in [0.2, 0.25) is 0 Å². The molecular formula is C24H29N2O5+. The Morgan fingerprint density at radius 3 is 2.39 bits per heavy atom. The molecule has 31 heavy (non-hydrogen) atoms. The van der Waals surface area contributed by atoms with Crippen LogP contribution in [0, 0.1) is 11.8 Å². The van der Waals surface area contributed by atoms with Crippen molar-refractivity contribution in [2.75, 3.05) is 6.54 Å². The Kier molecular flexibility index (Phi) is 7.20. The van der Waals surface area contributed by atoms with Crippen LogP contribution in [0.5, 0.6) is 0 Å². The van der Waals surface area contributed by atoms with Crippen LogP contribution in [0.1, 0.15) is 36.8 Å². The Bertz CT molecular complexity index is 946. The molecule has 7 heteroatoms. The van der Waals surface area contributed by atoms with Crippen molar-refractivity contribution in [3.8, 4) is 0 Å². The number of para-hydroxylation sites is 1. The second-order valence-corrected chi connectivity index (χ2v) is 8.19. The highest BCUT2D eigenvalue weighted by molar-refractivity contribution is 5.95. The van der Waals surface area contributed by atoms with Gasteiger partial charge in [-0.2, -0.15) is 10.4 Å². The van der Waals surface area contributed by atoms with Gasteiger partial charge in [0.15, 0.2) is 5.69 Å². The molecule has 0 bridgehead atoms. The molecule has 7 nitrogen and oxygen atoms in total. The SMILES string of the molecule is N[N+]1(CCCCC(=O)O)C(=O)C(C(CCc2ccccc2)C(=O)O)Cc2ccccc21. The number of aryl methyl sites for hydroxylation is 1. The van der Waals surface area contributed by atoms with Crippen LogP contribution in [-0.4, -0.2) is 34.6 Å². The zero-order valence-electron chi connectivity index (χ0n) is 17.4. The third kappa shape index (κ3) is 5.18. The lowest BCUT2D eigenvalue weighted by atomic mass is 9.79. The predicted molar refractivity (Wildman–Crippen MR) is 117 cm³/mol. The van der Waals surface area contributed by atoms with Crippen molar-refractivity contribution in [2.24, 2.45) is 17.7 Å². The number of unbranched alkanes of at least 4 members (excludes halogenated alkanes) is 1. The third-order valence-corrected chi connectivity index (χ3v) is 6.11. The van der Waals surface area contributed by atoms with Crippen molar-refractivity contribution in [1.29, 1.82) is 0 Å². The van der Waals surface area contributed by atoms with Crippen LogP contribution in [-0.2, 0) is 27.2 Å². The Balaban J connectivity index is 1.85. The van der Waals surface area contributed by atoms with E-state index in [1.807, 2.05) is 48.5 Å². The summed E-state index contributed by atoms with van der Waals surface area (Å²) < 4.78 is -0.477. The van der Waals surface area contributed by atoms with Gasteiger partial charge < -0.3 is 10.2 Å². The molecule has 0 spiro atoms. The average Bonchev–Trinajstić information content (AvgIpc) is 2.75. The second-order valence-electron chi connectivity index (χ2n) is 8.19. The molecule has 0 aromatic heterocycles. The summed E-state index contributed by atoms with van der Waals surface area (Å²) in [4.78, 5) is 36.6. The van der Waals surface area contributed by atoms with Crippen LogP contribution < -0.4 is 10.4 Å². The number of nitrogens with zero attached hydrogens (tertiary/aromatic N) is 1. The number of quaternary nitrogens is 1. The molecule has 1 aliphatic rings. The van der Waals surface area contributed by atoms with E-state index in [1.54, 1.807) is 6.07 Å². The summed E-state index contributed by atoms with van der Waals surface area (Å²) in [7, 11) is 0. The van der Waals surface area contributed by atoms with Gasteiger partial charge in [-0.15, -0.1) is 0 Å². The van der Waals surface area contributed by atoms with Gasteiger partial charge in [0.05, 0.1) is 11.8 Å². The summed E-state index contributed by atoms with van der Waals surface area (Å²) >= 11 is 0. The number of nitrogens with two attached hydrogens (primary N) is 1. The number of carboxylic acids is 2. The summed E-state index contributed by atoms with van der Waals surface area (Å²) in [6.45, 7) is 0.241. The summed E-state index contributed by atoms with van der Waals surface area (Å²) in [6.07, 6.45) is 2.12. The van der Waals surface area contributed by atoms with Crippen molar-refractivity contribution in [1.82, 2.24) is 4.59 Å². The van der Waals surface area contributed by atoms with E-state index in [4.69, 9.17) is 10.9 Å². The lowest BCUT2D eigenvalue weighted by Crippen LogP contribution is -2.66. The van der Waals surface area contributed by atoms with Crippen molar-refractivity contribution in [3.05, 3.63) is 65.7 Å². The zero-order chi connectivity index (χ0) is 22.4. The van der Waals surface area contributed by atoms with Gasteiger partial charge in [0, 0.05) is 18.1 Å². The zero-order valence-corrected chi connectivity index (χ0v) is 17.4. The van der Waals surface area contributed by atoms with Gasteiger partial charge in [-0.3, -0.25) is 9.59 Å². The number of hydrogen-bond donors (Lipinski definition) is 3. The normalized spacial score (nSPS) is 21.3. The number of hydrogen-bond acceptors (Lipinski definition) is 4. The summed E-state index contributed by atoms with van der Waals surface area (Å²) in [5, 5.41) is 18.8. The molecule has 164 valence electrons. The third-order valence-electron chi connectivity index (χ3n) is 6.11. The van der Waals surface area contributed by atoms with Gasteiger partial charge in [-0.25, -0.2) is 4.79 Å². The van der Waals surface area contributed by atoms with E-state index in [1.165, 1.54) is 0 Å². The van der Waals surface area contributed by atoms with E-state index >= 15 is 0 Å². The molecule has 0 radical (unpaired) electrons. The molecule has 0 aliphatic carbocycles. The molecule has 1 heterocycles. The molecule has 0 saturated carbocycles. The predicted octanol–water partition coefficient (Wildman–Crippen LogP) is 3.16. The van der Waals surface area contributed by atoms with E-state index in [2.05, 4.69) is 0 Å². The second kappa shape index (κ2) is 9.85. The molecular weight excluding hydrogens is 396 g/mol. The van der Waals surface area contributed by atoms with E-state index in [0.29, 0.717) is 37.8 Å². The fourth-order valence-electron chi connectivity index (χ4n) is 4.46. The number of carbonyl (C=O) groups excluding carboxylic acids is 1. The van der Waals surface area contributed by atoms with Crippen molar-refractivity contribution >= 4 is 23.5 Å². The fourth-order valence-corrected chi connectivity index (χ4v) is 4.46. The molecule has 4 N–H and O–H groups in total. The molecule has 3 rings (SSSR count). The van der Waals surface area contributed by atoms with Crippen LogP contribution in [0.2, 0.25) is 0 Å². The number of amides is 1.